The van der Waals surface area contributed by atoms with Crippen molar-refractivity contribution in [3.63, 3.8) is 0 Å². The van der Waals surface area contributed by atoms with Crippen molar-refractivity contribution in [2.75, 3.05) is 20.2 Å². The van der Waals surface area contributed by atoms with Crippen LogP contribution in [-0.2, 0) is 19.7 Å². The fraction of sp³-hybridized carbons (Fsp3) is 0.350. The quantitative estimate of drug-likeness (QED) is 0.451. The Balaban J connectivity index is 1.84. The number of ether oxygens (including phenoxy) is 1. The number of nitrogens with zero attached hydrogens (tertiary/aromatic N) is 3. The molecule has 182 valence electrons. The molecule has 9 nitrogen and oxygen atoms in total. The lowest BCUT2D eigenvalue weighted by Crippen LogP contribution is -2.45. The van der Waals surface area contributed by atoms with Gasteiger partial charge in [-0.05, 0) is 18.9 Å². The Labute approximate surface area is 203 Å². The van der Waals surface area contributed by atoms with E-state index >= 15 is 0 Å². The maximum absolute atomic E-state index is 14.3. The number of methoxy groups -OCH3 is 1. The first-order valence-electron chi connectivity index (χ1n) is 10.1. The van der Waals surface area contributed by atoms with E-state index in [9.17, 15) is 22.0 Å². The van der Waals surface area contributed by atoms with E-state index in [1.54, 1.807) is 11.6 Å². The number of nitrogens with two attached hydrogens (primary N) is 1. The second kappa shape index (κ2) is 9.66. The molecular weight excluding hydrogens is 512 g/mol. The third-order valence-corrected chi connectivity index (χ3v) is 7.95. The van der Waals surface area contributed by atoms with Gasteiger partial charge >= 0.3 is 5.97 Å². The number of piperidine rings is 1. The number of benzene rings is 1. The van der Waals surface area contributed by atoms with E-state index in [0.717, 1.165) is 10.4 Å². The number of aliphatic imine (C=N–C) groups is 1. The SMILES string of the molecule is COC(=O)C1=C(C2CCN(S(N)(=O)=O)CC2)NC(c2nccs2)=N[C@@H]1c1ccc(F)c(F)c1Cl. The molecule has 1 atom stereocenters. The van der Waals surface area contributed by atoms with Crippen LogP contribution in [0.15, 0.2) is 40.0 Å². The van der Waals surface area contributed by atoms with Gasteiger partial charge in [0.05, 0.1) is 17.7 Å². The predicted octanol–water partition coefficient (Wildman–Crippen LogP) is 2.51. The summed E-state index contributed by atoms with van der Waals surface area (Å²) >= 11 is 7.43. The summed E-state index contributed by atoms with van der Waals surface area (Å²) in [7, 11) is -2.66. The van der Waals surface area contributed by atoms with E-state index in [1.165, 1.54) is 24.5 Å². The van der Waals surface area contributed by atoms with E-state index < -0.39 is 38.9 Å². The molecule has 2 aliphatic heterocycles. The first-order valence-corrected chi connectivity index (χ1v) is 12.9. The van der Waals surface area contributed by atoms with Gasteiger partial charge in [-0.15, -0.1) is 11.3 Å². The number of hydrogen-bond donors (Lipinski definition) is 2. The molecule has 3 heterocycles. The molecule has 2 aliphatic rings. The molecule has 14 heteroatoms. The highest BCUT2D eigenvalue weighted by Gasteiger charge is 2.38. The molecular formula is C20H20ClF2N5O4S2. The van der Waals surface area contributed by atoms with Gasteiger partial charge in [0.15, 0.2) is 22.5 Å². The highest BCUT2D eigenvalue weighted by Crippen LogP contribution is 2.40. The zero-order chi connectivity index (χ0) is 24.6. The fourth-order valence-electron chi connectivity index (χ4n) is 4.05. The van der Waals surface area contributed by atoms with Gasteiger partial charge < -0.3 is 10.1 Å². The molecule has 1 aromatic carbocycles. The number of carbonyl (C=O) groups is 1. The van der Waals surface area contributed by atoms with E-state index in [4.69, 9.17) is 21.5 Å². The van der Waals surface area contributed by atoms with Crippen molar-refractivity contribution in [1.29, 1.82) is 0 Å². The summed E-state index contributed by atoms with van der Waals surface area (Å²) in [6.07, 6.45) is 2.28. The van der Waals surface area contributed by atoms with Crippen LogP contribution < -0.4 is 10.5 Å². The minimum Gasteiger partial charge on any atom is -0.466 e. The van der Waals surface area contributed by atoms with E-state index in [0.29, 0.717) is 29.4 Å². The number of thiazole rings is 1. The van der Waals surface area contributed by atoms with E-state index in [2.05, 4.69) is 15.3 Å². The normalized spacial score (nSPS) is 20.1. The van der Waals surface area contributed by atoms with Crippen molar-refractivity contribution in [3.8, 4) is 0 Å². The minimum absolute atomic E-state index is 0.0739. The molecule has 0 radical (unpaired) electrons. The van der Waals surface area contributed by atoms with Crippen LogP contribution in [0.25, 0.3) is 0 Å². The summed E-state index contributed by atoms with van der Waals surface area (Å²) < 4.78 is 57.7. The molecule has 1 saturated heterocycles. The summed E-state index contributed by atoms with van der Waals surface area (Å²) in [4.78, 5) is 21.8. The van der Waals surface area contributed by atoms with Crippen molar-refractivity contribution in [2.24, 2.45) is 16.0 Å². The van der Waals surface area contributed by atoms with Crippen LogP contribution in [-0.4, -0.2) is 49.7 Å². The number of carbonyl (C=O) groups excluding carboxylic acids is 1. The van der Waals surface area contributed by atoms with Crippen molar-refractivity contribution < 1.29 is 26.7 Å². The van der Waals surface area contributed by atoms with Gasteiger partial charge in [-0.2, -0.15) is 12.7 Å². The van der Waals surface area contributed by atoms with Gasteiger partial charge in [-0.1, -0.05) is 17.7 Å². The number of allylic oxidation sites excluding steroid dienone is 1. The second-order valence-electron chi connectivity index (χ2n) is 7.64. The fourth-order valence-corrected chi connectivity index (χ4v) is 5.61. The predicted molar refractivity (Wildman–Crippen MR) is 122 cm³/mol. The van der Waals surface area contributed by atoms with Crippen molar-refractivity contribution >= 4 is 45.0 Å². The number of nitrogens with one attached hydrogen (secondary N) is 1. The monoisotopic (exact) mass is 531 g/mol. The van der Waals surface area contributed by atoms with Crippen LogP contribution in [0.5, 0.6) is 0 Å². The van der Waals surface area contributed by atoms with Crippen molar-refractivity contribution in [2.45, 2.75) is 18.9 Å². The highest BCUT2D eigenvalue weighted by atomic mass is 35.5. The third kappa shape index (κ3) is 4.70. The molecule has 0 amide bonds. The van der Waals surface area contributed by atoms with Crippen molar-refractivity contribution in [3.05, 3.63) is 62.2 Å². The zero-order valence-electron chi connectivity index (χ0n) is 17.8. The lowest BCUT2D eigenvalue weighted by Gasteiger charge is -2.35. The van der Waals surface area contributed by atoms with Gasteiger partial charge in [0.25, 0.3) is 10.2 Å². The summed E-state index contributed by atoms with van der Waals surface area (Å²) in [6, 6.07) is 1.07. The lowest BCUT2D eigenvalue weighted by molar-refractivity contribution is -0.136. The average Bonchev–Trinajstić information content (AvgIpc) is 3.36. The third-order valence-electron chi connectivity index (χ3n) is 5.70. The van der Waals surface area contributed by atoms with Gasteiger partial charge in [-0.25, -0.2) is 23.7 Å². The Kier molecular flexibility index (Phi) is 7.01. The Bertz CT molecular complexity index is 1280. The summed E-state index contributed by atoms with van der Waals surface area (Å²) in [6.45, 7) is 0.285. The van der Waals surface area contributed by atoms with Crippen LogP contribution in [0.1, 0.15) is 29.5 Å². The van der Waals surface area contributed by atoms with Crippen LogP contribution in [0.2, 0.25) is 5.02 Å². The van der Waals surface area contributed by atoms with Gasteiger partial charge in [-0.3, -0.25) is 4.99 Å². The number of esters is 1. The molecule has 0 unspecified atom stereocenters. The Morgan fingerprint density at radius 3 is 2.62 bits per heavy atom. The first-order chi connectivity index (χ1) is 16.1. The van der Waals surface area contributed by atoms with Gasteiger partial charge in [0.1, 0.15) is 6.04 Å². The largest absolute Gasteiger partial charge is 0.466 e. The van der Waals surface area contributed by atoms with Gasteiger partial charge in [0, 0.05) is 41.8 Å². The van der Waals surface area contributed by atoms with Crippen molar-refractivity contribution in [1.82, 2.24) is 14.6 Å². The molecule has 0 bridgehead atoms. The van der Waals surface area contributed by atoms with Crippen LogP contribution in [0, 0.1) is 17.6 Å². The maximum Gasteiger partial charge on any atom is 0.338 e. The minimum atomic E-state index is -3.85. The Morgan fingerprint density at radius 1 is 1.32 bits per heavy atom. The second-order valence-corrected chi connectivity index (χ2v) is 10.5. The maximum atomic E-state index is 14.3. The van der Waals surface area contributed by atoms with Crippen LogP contribution in [0.3, 0.4) is 0 Å². The van der Waals surface area contributed by atoms with E-state index in [-0.39, 0.29) is 30.1 Å². The van der Waals surface area contributed by atoms with Crippen LogP contribution in [0.4, 0.5) is 8.78 Å². The average molecular weight is 532 g/mol. The van der Waals surface area contributed by atoms with Gasteiger partial charge in [0.2, 0.25) is 0 Å². The summed E-state index contributed by atoms with van der Waals surface area (Å²) in [5.41, 5.74) is 0.590. The van der Waals surface area contributed by atoms with Crippen LogP contribution >= 0.6 is 22.9 Å². The number of aromatic nitrogens is 1. The molecule has 4 rings (SSSR count). The van der Waals surface area contributed by atoms with E-state index in [1.807, 2.05) is 0 Å². The molecule has 3 N–H and O–H groups in total. The lowest BCUT2D eigenvalue weighted by atomic mass is 9.86. The molecule has 0 spiro atoms. The first kappa shape index (κ1) is 24.7. The summed E-state index contributed by atoms with van der Waals surface area (Å²) in [5.74, 6) is -3.10. The molecule has 1 fully saturated rings. The number of hydrogen-bond acceptors (Lipinski definition) is 8. The highest BCUT2D eigenvalue weighted by molar-refractivity contribution is 7.86. The number of halogens is 3. The Morgan fingerprint density at radius 2 is 2.03 bits per heavy atom. The Hall–Kier alpha value is -2.45. The topological polar surface area (TPSA) is 127 Å². The number of rotatable bonds is 5. The molecule has 34 heavy (non-hydrogen) atoms. The standard InChI is InChI=1S/C20H20ClF2N5O4S2/c1-32-20(29)13-16(10-4-7-28(8-5-10)34(24,30)31)26-18(19-25-6-9-33-19)27-17(13)11-2-3-12(22)15(23)14(11)21/h2-3,6,9-10,17H,4-5,7-8H2,1H3,(H,26,27)(H2,24,30,31)/t17-/m1/s1. The molecule has 2 aromatic rings. The molecule has 0 aliphatic carbocycles. The molecule has 1 aromatic heterocycles. The zero-order valence-corrected chi connectivity index (χ0v) is 20.2. The number of amidine groups is 1. The molecule has 0 saturated carbocycles. The smallest absolute Gasteiger partial charge is 0.338 e. The summed E-state index contributed by atoms with van der Waals surface area (Å²) in [5, 5.41) is 10.1.